The van der Waals surface area contributed by atoms with E-state index in [1.807, 2.05) is 29.2 Å². The molecule has 1 unspecified atom stereocenters. The van der Waals surface area contributed by atoms with Crippen molar-refractivity contribution in [3.63, 3.8) is 0 Å². The zero-order chi connectivity index (χ0) is 15.1. The lowest BCUT2D eigenvalue weighted by atomic mass is 10.1. The first-order chi connectivity index (χ1) is 10.7. The zero-order valence-corrected chi connectivity index (χ0v) is 13.7. The molecule has 4 rings (SSSR count). The number of hydrogen-bond acceptors (Lipinski definition) is 4. The Labute approximate surface area is 137 Å². The number of thioether (sulfide) groups is 1. The van der Waals surface area contributed by atoms with E-state index in [-0.39, 0.29) is 11.3 Å². The molecular formula is C17H14N2OS2. The van der Waals surface area contributed by atoms with E-state index in [0.29, 0.717) is 5.75 Å². The third kappa shape index (κ3) is 2.30. The SMILES string of the molecule is Cc1ccc(C2SCC(=O)N2c2nc3ccccc3s2)cc1. The summed E-state index contributed by atoms with van der Waals surface area (Å²) in [5.41, 5.74) is 3.33. The molecule has 1 aliphatic rings. The van der Waals surface area contributed by atoms with Crippen LogP contribution in [-0.4, -0.2) is 16.6 Å². The summed E-state index contributed by atoms with van der Waals surface area (Å²) < 4.78 is 1.12. The fourth-order valence-electron chi connectivity index (χ4n) is 2.57. The molecule has 1 aromatic heterocycles. The van der Waals surface area contributed by atoms with Crippen LogP contribution in [0.5, 0.6) is 0 Å². The van der Waals surface area contributed by atoms with E-state index in [0.717, 1.165) is 20.9 Å². The van der Waals surface area contributed by atoms with Crippen LogP contribution in [0.2, 0.25) is 0 Å². The largest absolute Gasteiger partial charge is 0.273 e. The van der Waals surface area contributed by atoms with Crippen molar-refractivity contribution in [1.82, 2.24) is 4.98 Å². The number of aryl methyl sites for hydroxylation is 1. The molecule has 110 valence electrons. The maximum absolute atomic E-state index is 12.4. The van der Waals surface area contributed by atoms with Gasteiger partial charge in [-0.25, -0.2) is 4.98 Å². The van der Waals surface area contributed by atoms with E-state index in [9.17, 15) is 4.79 Å². The van der Waals surface area contributed by atoms with E-state index in [1.54, 1.807) is 23.1 Å². The molecule has 1 atom stereocenters. The number of fused-ring (bicyclic) bond motifs is 1. The molecule has 1 fully saturated rings. The monoisotopic (exact) mass is 326 g/mol. The first-order valence-electron chi connectivity index (χ1n) is 7.08. The third-order valence-corrected chi connectivity index (χ3v) is 5.97. The van der Waals surface area contributed by atoms with Crippen molar-refractivity contribution in [1.29, 1.82) is 0 Å². The van der Waals surface area contributed by atoms with Gasteiger partial charge in [-0.2, -0.15) is 0 Å². The van der Waals surface area contributed by atoms with E-state index in [4.69, 9.17) is 0 Å². The van der Waals surface area contributed by atoms with Crippen molar-refractivity contribution in [2.75, 3.05) is 10.7 Å². The van der Waals surface area contributed by atoms with Gasteiger partial charge in [0.25, 0.3) is 0 Å². The molecule has 1 amide bonds. The fourth-order valence-corrected chi connectivity index (χ4v) is 4.80. The topological polar surface area (TPSA) is 33.2 Å². The van der Waals surface area contributed by atoms with Gasteiger partial charge in [0, 0.05) is 0 Å². The molecule has 3 nitrogen and oxygen atoms in total. The standard InChI is InChI=1S/C17H14N2OS2/c1-11-6-8-12(9-7-11)16-19(15(20)10-21-16)17-18-13-4-2-3-5-14(13)22-17/h2-9,16H,10H2,1H3. The van der Waals surface area contributed by atoms with Crippen LogP contribution in [0, 0.1) is 6.92 Å². The second kappa shape index (κ2) is 5.41. The number of amides is 1. The molecule has 22 heavy (non-hydrogen) atoms. The Kier molecular flexibility index (Phi) is 3.39. The summed E-state index contributed by atoms with van der Waals surface area (Å²) >= 11 is 3.25. The van der Waals surface area contributed by atoms with E-state index < -0.39 is 0 Å². The Morgan fingerprint density at radius 1 is 1.14 bits per heavy atom. The molecule has 1 aliphatic heterocycles. The van der Waals surface area contributed by atoms with Gasteiger partial charge < -0.3 is 0 Å². The molecular weight excluding hydrogens is 312 g/mol. The minimum Gasteiger partial charge on any atom is -0.273 e. The van der Waals surface area contributed by atoms with Crippen molar-refractivity contribution >= 4 is 44.4 Å². The molecule has 0 spiro atoms. The summed E-state index contributed by atoms with van der Waals surface area (Å²) in [5.74, 6) is 0.642. The molecule has 0 aliphatic carbocycles. The minimum absolute atomic E-state index is 0.0219. The molecule has 0 N–H and O–H groups in total. The molecule has 2 aromatic carbocycles. The summed E-state index contributed by atoms with van der Waals surface area (Å²) in [7, 11) is 0. The number of benzene rings is 2. The number of aromatic nitrogens is 1. The van der Waals surface area contributed by atoms with Crippen LogP contribution < -0.4 is 4.90 Å². The van der Waals surface area contributed by atoms with Gasteiger partial charge in [0.15, 0.2) is 5.13 Å². The van der Waals surface area contributed by atoms with Crippen LogP contribution in [0.4, 0.5) is 5.13 Å². The Balaban J connectivity index is 1.76. The van der Waals surface area contributed by atoms with Crippen LogP contribution in [0.1, 0.15) is 16.5 Å². The van der Waals surface area contributed by atoms with Gasteiger partial charge in [-0.15, -0.1) is 11.8 Å². The lowest BCUT2D eigenvalue weighted by Gasteiger charge is -2.21. The minimum atomic E-state index is 0.0219. The quantitative estimate of drug-likeness (QED) is 0.700. The number of carbonyl (C=O) groups excluding carboxylic acids is 1. The van der Waals surface area contributed by atoms with E-state index in [2.05, 4.69) is 36.2 Å². The number of thiazole rings is 1. The molecule has 5 heteroatoms. The van der Waals surface area contributed by atoms with Gasteiger partial charge in [0.1, 0.15) is 5.37 Å². The predicted molar refractivity (Wildman–Crippen MR) is 93.5 cm³/mol. The van der Waals surface area contributed by atoms with Crippen LogP contribution in [0.15, 0.2) is 48.5 Å². The Hall–Kier alpha value is -1.85. The molecule has 2 heterocycles. The van der Waals surface area contributed by atoms with Crippen molar-refractivity contribution < 1.29 is 4.79 Å². The maximum atomic E-state index is 12.4. The van der Waals surface area contributed by atoms with Crippen molar-refractivity contribution in [2.45, 2.75) is 12.3 Å². The highest BCUT2D eigenvalue weighted by Gasteiger charge is 2.35. The second-order valence-electron chi connectivity index (χ2n) is 5.30. The number of carbonyl (C=O) groups is 1. The Morgan fingerprint density at radius 2 is 1.91 bits per heavy atom. The number of hydrogen-bond donors (Lipinski definition) is 0. The third-order valence-electron chi connectivity index (χ3n) is 3.72. The highest BCUT2D eigenvalue weighted by Crippen LogP contribution is 2.43. The van der Waals surface area contributed by atoms with E-state index in [1.165, 1.54) is 5.56 Å². The van der Waals surface area contributed by atoms with Crippen LogP contribution in [0.25, 0.3) is 10.2 Å². The van der Waals surface area contributed by atoms with Gasteiger partial charge in [-0.3, -0.25) is 9.69 Å². The smallest absolute Gasteiger partial charge is 0.240 e. The lowest BCUT2D eigenvalue weighted by Crippen LogP contribution is -2.27. The Morgan fingerprint density at radius 3 is 2.68 bits per heavy atom. The van der Waals surface area contributed by atoms with Crippen molar-refractivity contribution in [3.05, 3.63) is 59.7 Å². The number of rotatable bonds is 2. The van der Waals surface area contributed by atoms with Gasteiger partial charge in [-0.05, 0) is 24.6 Å². The molecule has 0 bridgehead atoms. The zero-order valence-electron chi connectivity index (χ0n) is 12.0. The summed E-state index contributed by atoms with van der Waals surface area (Å²) in [6.45, 7) is 2.07. The van der Waals surface area contributed by atoms with Crippen molar-refractivity contribution in [3.8, 4) is 0 Å². The summed E-state index contributed by atoms with van der Waals surface area (Å²) in [5, 5.41) is 0.815. The molecule has 0 saturated carbocycles. The van der Waals surface area contributed by atoms with Gasteiger partial charge in [-0.1, -0.05) is 53.3 Å². The van der Waals surface area contributed by atoms with Gasteiger partial charge in [0.2, 0.25) is 5.91 Å². The normalized spacial score (nSPS) is 18.3. The predicted octanol–water partition coefficient (Wildman–Crippen LogP) is 4.38. The fraction of sp³-hybridized carbons (Fsp3) is 0.176. The molecule has 1 saturated heterocycles. The van der Waals surface area contributed by atoms with Crippen molar-refractivity contribution in [2.24, 2.45) is 0 Å². The average molecular weight is 326 g/mol. The van der Waals surface area contributed by atoms with Gasteiger partial charge in [0.05, 0.1) is 16.0 Å². The van der Waals surface area contributed by atoms with Crippen LogP contribution >= 0.6 is 23.1 Å². The molecule has 0 radical (unpaired) electrons. The lowest BCUT2D eigenvalue weighted by molar-refractivity contribution is -0.115. The van der Waals surface area contributed by atoms with Gasteiger partial charge >= 0.3 is 0 Å². The summed E-state index contributed by atoms with van der Waals surface area (Å²) in [6, 6.07) is 16.4. The van der Waals surface area contributed by atoms with Crippen LogP contribution in [0.3, 0.4) is 0 Å². The number of para-hydroxylation sites is 1. The first-order valence-corrected chi connectivity index (χ1v) is 8.95. The van der Waals surface area contributed by atoms with Crippen LogP contribution in [-0.2, 0) is 4.79 Å². The summed E-state index contributed by atoms with van der Waals surface area (Å²) in [6.07, 6.45) is 0. The molecule has 3 aromatic rings. The maximum Gasteiger partial charge on any atom is 0.240 e. The second-order valence-corrected chi connectivity index (χ2v) is 7.38. The highest BCUT2D eigenvalue weighted by atomic mass is 32.2. The average Bonchev–Trinajstić information content (AvgIpc) is 3.11. The van der Waals surface area contributed by atoms with E-state index >= 15 is 0 Å². The summed E-state index contributed by atoms with van der Waals surface area (Å²) in [4.78, 5) is 18.9. The number of nitrogens with zero attached hydrogens (tertiary/aromatic N) is 2. The Bertz CT molecular complexity index is 808. The highest BCUT2D eigenvalue weighted by molar-refractivity contribution is 8.00. The first kappa shape index (κ1) is 13.8. The number of anilines is 1.